The number of aromatic amines is 1. The molecule has 9 heteroatoms. The van der Waals surface area contributed by atoms with E-state index in [0.29, 0.717) is 34.1 Å². The summed E-state index contributed by atoms with van der Waals surface area (Å²) >= 11 is 5.54. The predicted molar refractivity (Wildman–Crippen MR) is 136 cm³/mol. The first-order valence-electron chi connectivity index (χ1n) is 11.7. The number of carbonyl (C=O) groups is 1. The number of hydrogen-bond donors (Lipinski definition) is 2. The molecule has 0 saturated heterocycles. The van der Waals surface area contributed by atoms with Gasteiger partial charge in [0.2, 0.25) is 5.89 Å². The average Bonchev–Trinajstić information content (AvgIpc) is 3.56. The van der Waals surface area contributed by atoms with E-state index in [0.717, 1.165) is 29.7 Å². The molecule has 1 aliphatic carbocycles. The second-order valence-corrected chi connectivity index (χ2v) is 9.90. The molecule has 1 amide bonds. The lowest BCUT2D eigenvalue weighted by Gasteiger charge is -2.18. The van der Waals surface area contributed by atoms with Crippen LogP contribution in [0.2, 0.25) is 0 Å². The van der Waals surface area contributed by atoms with Crippen molar-refractivity contribution in [3.05, 3.63) is 79.9 Å². The Kier molecular flexibility index (Phi) is 5.88. The first kappa shape index (κ1) is 23.2. The molecule has 2 N–H and O–H groups in total. The van der Waals surface area contributed by atoms with Crippen molar-refractivity contribution in [1.29, 1.82) is 0 Å². The molecule has 0 spiro atoms. The Balaban J connectivity index is 1.48. The molecule has 5 rings (SSSR count). The number of H-pyrrole nitrogens is 1. The number of nitrogens with one attached hydrogen (secondary N) is 2. The first-order chi connectivity index (χ1) is 16.7. The van der Waals surface area contributed by atoms with Gasteiger partial charge in [0.25, 0.3) is 11.5 Å². The second kappa shape index (κ2) is 8.88. The lowest BCUT2D eigenvalue weighted by molar-refractivity contribution is 0.0914. The Morgan fingerprint density at radius 1 is 1.23 bits per heavy atom. The van der Waals surface area contributed by atoms with Crippen LogP contribution in [0.5, 0.6) is 0 Å². The minimum absolute atomic E-state index is 0.0440. The molecule has 2 aromatic carbocycles. The highest BCUT2D eigenvalue weighted by Gasteiger charge is 2.31. The van der Waals surface area contributed by atoms with Crippen LogP contribution >= 0.6 is 12.2 Å². The second-order valence-electron chi connectivity index (χ2n) is 9.51. The van der Waals surface area contributed by atoms with E-state index in [1.54, 1.807) is 18.2 Å². The molecule has 0 aliphatic heterocycles. The number of aromatic nitrogens is 4. The highest BCUT2D eigenvalue weighted by atomic mass is 32.1. The minimum Gasteiger partial charge on any atom is -0.340 e. The molecule has 1 fully saturated rings. The fraction of sp³-hybridized carbons (Fsp3) is 0.346. The zero-order valence-electron chi connectivity index (χ0n) is 20.1. The van der Waals surface area contributed by atoms with Crippen LogP contribution in [0.4, 0.5) is 0 Å². The van der Waals surface area contributed by atoms with Gasteiger partial charge in [0.1, 0.15) is 6.04 Å². The van der Waals surface area contributed by atoms with E-state index in [9.17, 15) is 9.59 Å². The average molecular weight is 490 g/mol. The van der Waals surface area contributed by atoms with Crippen molar-refractivity contribution in [2.75, 3.05) is 0 Å². The monoisotopic (exact) mass is 489 g/mol. The summed E-state index contributed by atoms with van der Waals surface area (Å²) in [5.74, 6) is 1.23. The normalized spacial score (nSPS) is 14.4. The smallest absolute Gasteiger partial charge is 0.266 e. The van der Waals surface area contributed by atoms with Gasteiger partial charge in [-0.05, 0) is 80.2 Å². The zero-order chi connectivity index (χ0) is 24.9. The maximum absolute atomic E-state index is 13.4. The quantitative estimate of drug-likeness (QED) is 0.367. The number of aryl methyl sites for hydroxylation is 1. The molecule has 35 heavy (non-hydrogen) atoms. The Labute approximate surface area is 207 Å². The predicted octanol–water partition coefficient (Wildman–Crippen LogP) is 5.05. The van der Waals surface area contributed by atoms with Gasteiger partial charge in [-0.2, -0.15) is 4.98 Å². The fourth-order valence-electron chi connectivity index (χ4n) is 4.17. The highest BCUT2D eigenvalue weighted by Crippen LogP contribution is 2.38. The van der Waals surface area contributed by atoms with Crippen LogP contribution in [-0.4, -0.2) is 25.6 Å². The third-order valence-electron chi connectivity index (χ3n) is 6.60. The maximum atomic E-state index is 13.4. The van der Waals surface area contributed by atoms with Gasteiger partial charge in [0.05, 0.1) is 16.6 Å². The van der Waals surface area contributed by atoms with Gasteiger partial charge in [0.15, 0.2) is 10.6 Å². The highest BCUT2D eigenvalue weighted by molar-refractivity contribution is 7.71. The summed E-state index contributed by atoms with van der Waals surface area (Å²) in [6.07, 6.45) is 2.14. The number of benzene rings is 2. The first-order valence-corrected chi connectivity index (χ1v) is 12.2. The Hall–Kier alpha value is -3.59. The molecular weight excluding hydrogens is 462 g/mol. The molecule has 1 unspecified atom stereocenters. The van der Waals surface area contributed by atoms with E-state index < -0.39 is 6.04 Å². The Morgan fingerprint density at radius 3 is 2.71 bits per heavy atom. The van der Waals surface area contributed by atoms with Crippen molar-refractivity contribution >= 4 is 29.0 Å². The Bertz CT molecular complexity index is 1560. The number of fused-ring (bicyclic) bond motifs is 1. The van der Waals surface area contributed by atoms with E-state index in [4.69, 9.17) is 16.7 Å². The van der Waals surface area contributed by atoms with Crippen molar-refractivity contribution in [3.8, 4) is 5.69 Å². The van der Waals surface area contributed by atoms with Gasteiger partial charge in [-0.3, -0.25) is 14.2 Å². The van der Waals surface area contributed by atoms with Crippen LogP contribution in [0.1, 0.15) is 71.8 Å². The lowest BCUT2D eigenvalue weighted by atomic mass is 10.0. The molecule has 8 nitrogen and oxygen atoms in total. The van der Waals surface area contributed by atoms with Gasteiger partial charge < -0.3 is 14.8 Å². The third-order valence-corrected chi connectivity index (χ3v) is 6.88. The SMILES string of the molecule is Cc1cccc(-n2c(=S)[nH]c3cc(C(=O)NC(c4nc(C5CC5)no4)C(C)C)ccc3c2=O)c1C. The van der Waals surface area contributed by atoms with E-state index in [1.807, 2.05) is 45.9 Å². The van der Waals surface area contributed by atoms with Crippen LogP contribution < -0.4 is 10.9 Å². The number of amides is 1. The number of nitrogens with zero attached hydrogens (tertiary/aromatic N) is 3. The van der Waals surface area contributed by atoms with E-state index in [1.165, 1.54) is 4.57 Å². The van der Waals surface area contributed by atoms with Crippen LogP contribution in [-0.2, 0) is 0 Å². The number of rotatable bonds is 6. The van der Waals surface area contributed by atoms with Gasteiger partial charge in [-0.1, -0.05) is 31.1 Å². The van der Waals surface area contributed by atoms with E-state index in [-0.39, 0.29) is 22.2 Å². The van der Waals surface area contributed by atoms with Crippen molar-refractivity contribution in [3.63, 3.8) is 0 Å². The molecule has 4 aromatic rings. The third kappa shape index (κ3) is 4.32. The summed E-state index contributed by atoms with van der Waals surface area (Å²) in [5.41, 5.74) is 3.47. The fourth-order valence-corrected chi connectivity index (χ4v) is 4.47. The molecule has 0 bridgehead atoms. The van der Waals surface area contributed by atoms with Crippen LogP contribution in [0, 0.1) is 24.5 Å². The van der Waals surface area contributed by atoms with Crippen molar-refractivity contribution < 1.29 is 9.32 Å². The topological polar surface area (TPSA) is 106 Å². The summed E-state index contributed by atoms with van der Waals surface area (Å²) in [7, 11) is 0. The van der Waals surface area contributed by atoms with Crippen molar-refractivity contribution in [2.45, 2.75) is 52.5 Å². The standard InChI is InChI=1S/C26H27N5O3S/c1-13(2)21(24-29-22(30-34-24)16-8-9-16)28-23(32)17-10-11-18-19(12-17)27-26(35)31(25(18)33)20-7-5-6-14(3)15(20)4/h5-7,10-13,16,21H,8-9H2,1-4H3,(H,27,35)(H,28,32). The molecular formula is C26H27N5O3S. The number of carbonyl (C=O) groups excluding carboxylic acids is 1. The summed E-state index contributed by atoms with van der Waals surface area (Å²) in [4.78, 5) is 34.1. The Morgan fingerprint density at radius 2 is 2.00 bits per heavy atom. The van der Waals surface area contributed by atoms with Crippen LogP contribution in [0.3, 0.4) is 0 Å². The molecule has 2 heterocycles. The number of hydrogen-bond acceptors (Lipinski definition) is 6. The summed E-state index contributed by atoms with van der Waals surface area (Å²) in [6.45, 7) is 7.93. The van der Waals surface area contributed by atoms with Gasteiger partial charge in [-0.15, -0.1) is 0 Å². The van der Waals surface area contributed by atoms with Gasteiger partial charge >= 0.3 is 0 Å². The summed E-state index contributed by atoms with van der Waals surface area (Å²) in [6, 6.07) is 10.3. The van der Waals surface area contributed by atoms with E-state index in [2.05, 4.69) is 20.4 Å². The molecule has 0 radical (unpaired) electrons. The zero-order valence-corrected chi connectivity index (χ0v) is 20.9. The van der Waals surface area contributed by atoms with Crippen LogP contribution in [0.25, 0.3) is 16.6 Å². The summed E-state index contributed by atoms with van der Waals surface area (Å²) < 4.78 is 7.23. The van der Waals surface area contributed by atoms with E-state index >= 15 is 0 Å². The van der Waals surface area contributed by atoms with Gasteiger partial charge in [0, 0.05) is 11.5 Å². The largest absolute Gasteiger partial charge is 0.340 e. The maximum Gasteiger partial charge on any atom is 0.266 e. The summed E-state index contributed by atoms with van der Waals surface area (Å²) in [5, 5.41) is 7.53. The molecule has 2 aromatic heterocycles. The van der Waals surface area contributed by atoms with Crippen LogP contribution in [0.15, 0.2) is 45.7 Å². The van der Waals surface area contributed by atoms with Gasteiger partial charge in [-0.25, -0.2) is 0 Å². The molecule has 180 valence electrons. The van der Waals surface area contributed by atoms with Crippen molar-refractivity contribution in [2.24, 2.45) is 5.92 Å². The molecule has 1 atom stereocenters. The lowest BCUT2D eigenvalue weighted by Crippen LogP contribution is -2.32. The molecule has 1 saturated carbocycles. The van der Waals surface area contributed by atoms with Crippen molar-refractivity contribution in [1.82, 2.24) is 25.0 Å². The molecule has 1 aliphatic rings. The minimum atomic E-state index is -0.422.